The third-order valence-corrected chi connectivity index (χ3v) is 6.44. The van der Waals surface area contributed by atoms with Gasteiger partial charge >= 0.3 is 0 Å². The third-order valence-electron chi connectivity index (χ3n) is 6.44. The maximum Gasteiger partial charge on any atom is 0.223 e. The summed E-state index contributed by atoms with van der Waals surface area (Å²) in [7, 11) is 0. The van der Waals surface area contributed by atoms with E-state index in [-0.39, 0.29) is 11.8 Å². The molecule has 154 valence electrons. The summed E-state index contributed by atoms with van der Waals surface area (Å²) in [5.74, 6) is 1.40. The second-order valence-corrected chi connectivity index (χ2v) is 8.50. The predicted octanol–water partition coefficient (Wildman–Crippen LogP) is 3.75. The molecule has 4 nitrogen and oxygen atoms in total. The van der Waals surface area contributed by atoms with Crippen LogP contribution >= 0.6 is 0 Å². The van der Waals surface area contributed by atoms with Crippen LogP contribution in [0.4, 0.5) is 0 Å². The lowest BCUT2D eigenvalue weighted by molar-refractivity contribution is -0.123. The first-order chi connectivity index (χ1) is 14.3. The average Bonchev–Trinajstić information content (AvgIpc) is 3.45. The van der Waals surface area contributed by atoms with Gasteiger partial charge in [0.05, 0.1) is 6.61 Å². The number of piperidine rings is 1. The van der Waals surface area contributed by atoms with E-state index in [1.807, 2.05) is 18.2 Å². The number of carbonyl (C=O) groups excluding carboxylic acids is 1. The molecule has 1 amide bonds. The van der Waals surface area contributed by atoms with Crippen LogP contribution in [0.1, 0.15) is 36.8 Å². The highest BCUT2D eigenvalue weighted by atomic mass is 16.5. The third kappa shape index (κ3) is 5.39. The molecule has 2 aromatic carbocycles. The summed E-state index contributed by atoms with van der Waals surface area (Å²) in [5.41, 5.74) is 2.86. The molecule has 1 aliphatic heterocycles. The van der Waals surface area contributed by atoms with E-state index < -0.39 is 0 Å². The molecular weight excluding hydrogens is 360 g/mol. The lowest BCUT2D eigenvalue weighted by atomic mass is 9.92. The first-order valence-corrected chi connectivity index (χ1v) is 11.0. The van der Waals surface area contributed by atoms with E-state index in [0.29, 0.717) is 18.6 Å². The zero-order chi connectivity index (χ0) is 19.9. The number of hydrogen-bond acceptors (Lipinski definition) is 3. The van der Waals surface area contributed by atoms with Crippen LogP contribution in [0.15, 0.2) is 54.6 Å². The van der Waals surface area contributed by atoms with Crippen molar-refractivity contribution < 1.29 is 9.53 Å². The van der Waals surface area contributed by atoms with E-state index >= 15 is 0 Å². The van der Waals surface area contributed by atoms with Gasteiger partial charge in [-0.25, -0.2) is 0 Å². The molecule has 2 N–H and O–H groups in total. The van der Waals surface area contributed by atoms with Crippen molar-refractivity contribution in [2.75, 3.05) is 26.2 Å². The highest BCUT2D eigenvalue weighted by Crippen LogP contribution is 2.58. The Bertz CT molecular complexity index is 799. The van der Waals surface area contributed by atoms with Gasteiger partial charge in [-0.2, -0.15) is 0 Å². The van der Waals surface area contributed by atoms with Gasteiger partial charge in [0.15, 0.2) is 0 Å². The lowest BCUT2D eigenvalue weighted by Gasteiger charge is -2.23. The Hall–Kier alpha value is -2.33. The van der Waals surface area contributed by atoms with Gasteiger partial charge in [0.2, 0.25) is 5.91 Å². The molecule has 1 unspecified atom stereocenters. The van der Waals surface area contributed by atoms with E-state index in [4.69, 9.17) is 4.74 Å². The Labute approximate surface area is 174 Å². The number of carbonyl (C=O) groups is 1. The van der Waals surface area contributed by atoms with Gasteiger partial charge in [-0.05, 0) is 80.3 Å². The zero-order valence-electron chi connectivity index (χ0n) is 17.2. The first-order valence-electron chi connectivity index (χ1n) is 11.0. The minimum absolute atomic E-state index is 0.240. The second-order valence-electron chi connectivity index (χ2n) is 8.50. The van der Waals surface area contributed by atoms with E-state index in [1.165, 1.54) is 11.1 Å². The summed E-state index contributed by atoms with van der Waals surface area (Å²) >= 11 is 0. The molecule has 1 aliphatic carbocycles. The van der Waals surface area contributed by atoms with Gasteiger partial charge in [0.25, 0.3) is 0 Å². The number of nitrogens with one attached hydrogen (secondary N) is 2. The van der Waals surface area contributed by atoms with Crippen molar-refractivity contribution in [1.29, 1.82) is 0 Å². The maximum atomic E-state index is 12.5. The van der Waals surface area contributed by atoms with Crippen LogP contribution < -0.4 is 15.4 Å². The zero-order valence-corrected chi connectivity index (χ0v) is 17.2. The number of benzene rings is 2. The van der Waals surface area contributed by atoms with Crippen molar-refractivity contribution in [3.63, 3.8) is 0 Å². The molecule has 2 aromatic rings. The highest BCUT2D eigenvalue weighted by molar-refractivity contribution is 5.82. The van der Waals surface area contributed by atoms with Gasteiger partial charge in [-0.3, -0.25) is 4.79 Å². The fourth-order valence-electron chi connectivity index (χ4n) is 4.55. The summed E-state index contributed by atoms with van der Waals surface area (Å²) in [6.45, 7) is 3.53. The van der Waals surface area contributed by atoms with Crippen LogP contribution in [-0.2, 0) is 17.6 Å². The van der Waals surface area contributed by atoms with Crippen molar-refractivity contribution in [2.45, 2.75) is 38.5 Å². The number of hydrogen-bond donors (Lipinski definition) is 2. The normalized spacial score (nSPS) is 19.7. The van der Waals surface area contributed by atoms with Crippen molar-refractivity contribution in [3.05, 3.63) is 65.7 Å². The molecule has 4 heteroatoms. The molecule has 29 heavy (non-hydrogen) atoms. The highest BCUT2D eigenvalue weighted by Gasteiger charge is 2.57. The maximum absolute atomic E-state index is 12.5. The lowest BCUT2D eigenvalue weighted by Crippen LogP contribution is -2.34. The van der Waals surface area contributed by atoms with E-state index in [0.717, 1.165) is 57.4 Å². The summed E-state index contributed by atoms with van der Waals surface area (Å²) in [5, 5.41) is 6.55. The Kier molecular flexibility index (Phi) is 6.50. The Morgan fingerprint density at radius 1 is 1.03 bits per heavy atom. The molecular formula is C25H32N2O2. The van der Waals surface area contributed by atoms with Crippen molar-refractivity contribution in [1.82, 2.24) is 10.6 Å². The van der Waals surface area contributed by atoms with Gasteiger partial charge in [-0.15, -0.1) is 0 Å². The molecule has 1 saturated carbocycles. The standard InChI is InChI=1S/C25H32N2O2/c28-24(23-19-25(23)12-15-26-16-13-25)27-14-11-21-8-4-10-22(18-21)29-17-5-9-20-6-2-1-3-7-20/h1-4,6-8,10,18,23,26H,5,9,11-17,19H2,(H,27,28). The molecule has 2 fully saturated rings. The minimum Gasteiger partial charge on any atom is -0.494 e. The van der Waals surface area contributed by atoms with Crippen molar-refractivity contribution in [2.24, 2.45) is 11.3 Å². The Morgan fingerprint density at radius 3 is 2.66 bits per heavy atom. The largest absolute Gasteiger partial charge is 0.494 e. The number of amides is 1. The Morgan fingerprint density at radius 2 is 1.83 bits per heavy atom. The van der Waals surface area contributed by atoms with Gasteiger partial charge < -0.3 is 15.4 Å². The number of rotatable bonds is 9. The number of ether oxygens (including phenoxy) is 1. The molecule has 1 atom stereocenters. The molecule has 0 bridgehead atoms. The van der Waals surface area contributed by atoms with Crippen LogP contribution in [0.2, 0.25) is 0 Å². The first kappa shape index (κ1) is 20.0. The van der Waals surface area contributed by atoms with Crippen LogP contribution in [0.5, 0.6) is 5.75 Å². The fourth-order valence-corrected chi connectivity index (χ4v) is 4.55. The number of aryl methyl sites for hydroxylation is 1. The van der Waals surface area contributed by atoms with E-state index in [1.54, 1.807) is 0 Å². The summed E-state index contributed by atoms with van der Waals surface area (Å²) in [6.07, 6.45) is 6.25. The molecule has 4 rings (SSSR count). The Balaban J connectivity index is 1.16. The van der Waals surface area contributed by atoms with Crippen LogP contribution in [-0.4, -0.2) is 32.1 Å². The molecule has 1 spiro atoms. The van der Waals surface area contributed by atoms with Gasteiger partial charge in [0.1, 0.15) is 5.75 Å². The summed E-state index contributed by atoms with van der Waals surface area (Å²) < 4.78 is 5.93. The van der Waals surface area contributed by atoms with E-state index in [2.05, 4.69) is 47.0 Å². The summed E-state index contributed by atoms with van der Waals surface area (Å²) in [6, 6.07) is 18.8. The van der Waals surface area contributed by atoms with Crippen LogP contribution in [0.3, 0.4) is 0 Å². The monoisotopic (exact) mass is 392 g/mol. The topological polar surface area (TPSA) is 50.4 Å². The minimum atomic E-state index is 0.240. The van der Waals surface area contributed by atoms with Crippen molar-refractivity contribution in [3.8, 4) is 5.75 Å². The smallest absolute Gasteiger partial charge is 0.223 e. The van der Waals surface area contributed by atoms with Gasteiger partial charge in [-0.1, -0.05) is 42.5 Å². The quantitative estimate of drug-likeness (QED) is 0.639. The molecule has 0 aromatic heterocycles. The fraction of sp³-hybridized carbons (Fsp3) is 0.480. The predicted molar refractivity (Wildman–Crippen MR) is 116 cm³/mol. The average molecular weight is 393 g/mol. The van der Waals surface area contributed by atoms with Crippen molar-refractivity contribution >= 4 is 5.91 Å². The molecule has 1 saturated heterocycles. The van der Waals surface area contributed by atoms with Crippen LogP contribution in [0, 0.1) is 11.3 Å². The van der Waals surface area contributed by atoms with Crippen LogP contribution in [0.25, 0.3) is 0 Å². The second kappa shape index (κ2) is 9.45. The molecule has 1 heterocycles. The summed E-state index contributed by atoms with van der Waals surface area (Å²) in [4.78, 5) is 12.5. The molecule has 2 aliphatic rings. The molecule has 0 radical (unpaired) electrons. The SMILES string of the molecule is O=C(NCCc1cccc(OCCCc2ccccc2)c1)C1CC12CCNCC2. The van der Waals surface area contributed by atoms with Gasteiger partial charge in [0, 0.05) is 12.5 Å². The van der Waals surface area contributed by atoms with E-state index in [9.17, 15) is 4.79 Å².